The third kappa shape index (κ3) is 3.12. The van der Waals surface area contributed by atoms with Crippen molar-refractivity contribution in [2.24, 2.45) is 5.73 Å². The number of fused-ring (bicyclic) bond motifs is 1. The van der Waals surface area contributed by atoms with Crippen molar-refractivity contribution >= 4 is 11.6 Å². The van der Waals surface area contributed by atoms with Crippen LogP contribution in [-0.2, 0) is 13.0 Å². The van der Waals surface area contributed by atoms with Crippen LogP contribution < -0.4 is 15.2 Å². The van der Waals surface area contributed by atoms with Gasteiger partial charge in [0.15, 0.2) is 0 Å². The SMILES string of the molecule is NCc1ccc(Cl)cc1OCC1Cc2cc(F)ccc2O1. The number of hydrogen-bond acceptors (Lipinski definition) is 3. The van der Waals surface area contributed by atoms with Gasteiger partial charge in [0.2, 0.25) is 0 Å². The average Bonchev–Trinajstić information content (AvgIpc) is 2.87. The number of ether oxygens (including phenoxy) is 2. The van der Waals surface area contributed by atoms with Gasteiger partial charge in [-0.25, -0.2) is 4.39 Å². The molecule has 3 nitrogen and oxygen atoms in total. The molecule has 21 heavy (non-hydrogen) atoms. The van der Waals surface area contributed by atoms with E-state index in [2.05, 4.69) is 0 Å². The van der Waals surface area contributed by atoms with Gasteiger partial charge in [0.25, 0.3) is 0 Å². The molecule has 1 atom stereocenters. The number of hydrogen-bond donors (Lipinski definition) is 1. The van der Waals surface area contributed by atoms with Crippen LogP contribution in [0.1, 0.15) is 11.1 Å². The topological polar surface area (TPSA) is 44.5 Å². The fraction of sp³-hybridized carbons (Fsp3) is 0.250. The second-order valence-electron chi connectivity index (χ2n) is 4.96. The molecule has 0 aliphatic carbocycles. The Morgan fingerprint density at radius 1 is 1.29 bits per heavy atom. The first-order chi connectivity index (χ1) is 10.2. The van der Waals surface area contributed by atoms with Crippen molar-refractivity contribution in [2.75, 3.05) is 6.61 Å². The lowest BCUT2D eigenvalue weighted by Gasteiger charge is -2.15. The second kappa shape index (κ2) is 5.92. The molecule has 1 heterocycles. The smallest absolute Gasteiger partial charge is 0.137 e. The summed E-state index contributed by atoms with van der Waals surface area (Å²) in [6.07, 6.45) is 0.498. The molecule has 2 N–H and O–H groups in total. The van der Waals surface area contributed by atoms with E-state index in [1.165, 1.54) is 12.1 Å². The zero-order valence-electron chi connectivity index (χ0n) is 11.3. The van der Waals surface area contributed by atoms with Gasteiger partial charge in [-0.1, -0.05) is 17.7 Å². The van der Waals surface area contributed by atoms with Crippen LogP contribution in [0.15, 0.2) is 36.4 Å². The standard InChI is InChI=1S/C16H15ClFNO2/c17-12-2-1-10(8-19)16(7-12)20-9-14-6-11-5-13(18)3-4-15(11)21-14/h1-5,7,14H,6,8-9,19H2. The highest BCUT2D eigenvalue weighted by Gasteiger charge is 2.24. The van der Waals surface area contributed by atoms with Crippen LogP contribution in [0.5, 0.6) is 11.5 Å². The maximum atomic E-state index is 13.2. The molecule has 2 aromatic rings. The summed E-state index contributed by atoms with van der Waals surface area (Å²) in [5, 5.41) is 0.597. The first-order valence-corrected chi connectivity index (χ1v) is 7.10. The molecule has 5 heteroatoms. The first kappa shape index (κ1) is 14.2. The van der Waals surface area contributed by atoms with E-state index in [0.29, 0.717) is 30.3 Å². The minimum absolute atomic E-state index is 0.133. The van der Waals surface area contributed by atoms with Gasteiger partial charge < -0.3 is 15.2 Å². The molecule has 0 spiro atoms. The quantitative estimate of drug-likeness (QED) is 0.942. The van der Waals surface area contributed by atoms with Crippen LogP contribution in [0.4, 0.5) is 4.39 Å². The number of halogens is 2. The van der Waals surface area contributed by atoms with Gasteiger partial charge in [-0.3, -0.25) is 0 Å². The maximum Gasteiger partial charge on any atom is 0.137 e. The second-order valence-corrected chi connectivity index (χ2v) is 5.40. The molecule has 3 rings (SSSR count). The van der Waals surface area contributed by atoms with E-state index in [1.54, 1.807) is 18.2 Å². The summed E-state index contributed by atoms with van der Waals surface area (Å²) in [4.78, 5) is 0. The monoisotopic (exact) mass is 307 g/mol. The Kier molecular flexibility index (Phi) is 3.99. The van der Waals surface area contributed by atoms with Gasteiger partial charge in [0.05, 0.1) is 0 Å². The summed E-state index contributed by atoms with van der Waals surface area (Å²) in [7, 11) is 0. The largest absolute Gasteiger partial charge is 0.489 e. The molecule has 1 unspecified atom stereocenters. The van der Waals surface area contributed by atoms with Gasteiger partial charge >= 0.3 is 0 Å². The maximum absolute atomic E-state index is 13.2. The molecule has 1 aliphatic heterocycles. The first-order valence-electron chi connectivity index (χ1n) is 6.72. The Bertz CT molecular complexity index is 663. The lowest BCUT2D eigenvalue weighted by atomic mass is 10.1. The van der Waals surface area contributed by atoms with Crippen LogP contribution >= 0.6 is 11.6 Å². The molecule has 0 radical (unpaired) electrons. The summed E-state index contributed by atoms with van der Waals surface area (Å²) in [5.41, 5.74) is 7.43. The fourth-order valence-corrected chi connectivity index (χ4v) is 2.56. The zero-order valence-corrected chi connectivity index (χ0v) is 12.1. The van der Waals surface area contributed by atoms with Crippen molar-refractivity contribution in [3.05, 3.63) is 58.4 Å². The molecular weight excluding hydrogens is 293 g/mol. The Labute approximate surface area is 127 Å². The zero-order chi connectivity index (χ0) is 14.8. The third-order valence-electron chi connectivity index (χ3n) is 3.44. The Morgan fingerprint density at radius 3 is 2.95 bits per heavy atom. The van der Waals surface area contributed by atoms with Crippen molar-refractivity contribution in [2.45, 2.75) is 19.1 Å². The minimum Gasteiger partial charge on any atom is -0.489 e. The van der Waals surface area contributed by atoms with Crippen LogP contribution in [0.2, 0.25) is 5.02 Å². The molecule has 0 saturated heterocycles. The van der Waals surface area contributed by atoms with Crippen LogP contribution in [0, 0.1) is 5.82 Å². The molecule has 1 aliphatic rings. The molecule has 110 valence electrons. The van der Waals surface area contributed by atoms with E-state index >= 15 is 0 Å². The van der Waals surface area contributed by atoms with Gasteiger partial charge in [-0.15, -0.1) is 0 Å². The van der Waals surface area contributed by atoms with E-state index in [1.807, 2.05) is 6.07 Å². The molecular formula is C16H15ClFNO2. The van der Waals surface area contributed by atoms with Gasteiger partial charge in [-0.05, 0) is 30.3 Å². The van der Waals surface area contributed by atoms with E-state index < -0.39 is 0 Å². The molecule has 0 saturated carbocycles. The van der Waals surface area contributed by atoms with Crippen LogP contribution in [0.3, 0.4) is 0 Å². The average molecular weight is 308 g/mol. The summed E-state index contributed by atoms with van der Waals surface area (Å²) in [5.74, 6) is 1.13. The highest BCUT2D eigenvalue weighted by molar-refractivity contribution is 6.30. The summed E-state index contributed by atoms with van der Waals surface area (Å²) >= 11 is 5.97. The number of nitrogens with two attached hydrogens (primary N) is 1. The highest BCUT2D eigenvalue weighted by atomic mass is 35.5. The minimum atomic E-state index is -0.251. The predicted octanol–water partition coefficient (Wildman–Crippen LogP) is 3.32. The normalized spacial score (nSPS) is 16.4. The van der Waals surface area contributed by atoms with Gasteiger partial charge in [-0.2, -0.15) is 0 Å². The van der Waals surface area contributed by atoms with E-state index in [-0.39, 0.29) is 11.9 Å². The van der Waals surface area contributed by atoms with Gasteiger partial charge in [0, 0.05) is 29.1 Å². The van der Waals surface area contributed by atoms with E-state index in [9.17, 15) is 4.39 Å². The van der Waals surface area contributed by atoms with E-state index in [0.717, 1.165) is 16.9 Å². The Hall–Kier alpha value is -1.78. The van der Waals surface area contributed by atoms with Crippen molar-refractivity contribution in [3.8, 4) is 11.5 Å². The van der Waals surface area contributed by atoms with Gasteiger partial charge in [0.1, 0.15) is 30.0 Å². The Balaban J connectivity index is 1.66. The number of benzene rings is 2. The van der Waals surface area contributed by atoms with Crippen LogP contribution in [0.25, 0.3) is 0 Å². The van der Waals surface area contributed by atoms with Crippen molar-refractivity contribution in [3.63, 3.8) is 0 Å². The number of rotatable bonds is 4. The molecule has 0 bridgehead atoms. The third-order valence-corrected chi connectivity index (χ3v) is 3.67. The predicted molar refractivity (Wildman–Crippen MR) is 79.4 cm³/mol. The van der Waals surface area contributed by atoms with Crippen molar-refractivity contribution in [1.82, 2.24) is 0 Å². The van der Waals surface area contributed by atoms with Crippen LogP contribution in [-0.4, -0.2) is 12.7 Å². The summed E-state index contributed by atoms with van der Waals surface area (Å²) in [6.45, 7) is 0.743. The highest BCUT2D eigenvalue weighted by Crippen LogP contribution is 2.30. The summed E-state index contributed by atoms with van der Waals surface area (Å²) in [6, 6.07) is 9.91. The summed E-state index contributed by atoms with van der Waals surface area (Å²) < 4.78 is 24.7. The van der Waals surface area contributed by atoms with Crippen molar-refractivity contribution in [1.29, 1.82) is 0 Å². The lowest BCUT2D eigenvalue weighted by molar-refractivity contribution is 0.148. The molecule has 0 aromatic heterocycles. The van der Waals surface area contributed by atoms with Crippen molar-refractivity contribution < 1.29 is 13.9 Å². The fourth-order valence-electron chi connectivity index (χ4n) is 2.40. The molecule has 0 fully saturated rings. The van der Waals surface area contributed by atoms with E-state index in [4.69, 9.17) is 26.8 Å². The molecule has 0 amide bonds. The Morgan fingerprint density at radius 2 is 2.14 bits per heavy atom. The lowest BCUT2D eigenvalue weighted by Crippen LogP contribution is -2.22. The molecule has 2 aromatic carbocycles.